The summed E-state index contributed by atoms with van der Waals surface area (Å²) in [6.45, 7) is 3.27. The molecule has 0 aromatic heterocycles. The maximum atomic E-state index is 12.9. The van der Waals surface area contributed by atoms with E-state index in [4.69, 9.17) is 4.74 Å². The van der Waals surface area contributed by atoms with Crippen LogP contribution >= 0.6 is 0 Å². The maximum absolute atomic E-state index is 12.9. The monoisotopic (exact) mass is 292 g/mol. The largest absolute Gasteiger partial charge is 0.492 e. The molecular formula is C14H13FN2O4. The molecule has 1 fully saturated rings. The molecule has 1 aliphatic rings. The number of benzene rings is 1. The van der Waals surface area contributed by atoms with Gasteiger partial charge in [-0.1, -0.05) is 12.1 Å². The molecule has 0 aliphatic carbocycles. The minimum absolute atomic E-state index is 0.0232. The highest BCUT2D eigenvalue weighted by atomic mass is 19.1. The van der Waals surface area contributed by atoms with Gasteiger partial charge in [0.2, 0.25) is 0 Å². The van der Waals surface area contributed by atoms with Crippen molar-refractivity contribution in [3.8, 4) is 5.75 Å². The van der Waals surface area contributed by atoms with Crippen molar-refractivity contribution in [2.45, 2.75) is 0 Å². The molecule has 0 radical (unpaired) electrons. The second kappa shape index (κ2) is 6.17. The van der Waals surface area contributed by atoms with Crippen molar-refractivity contribution in [3.63, 3.8) is 0 Å². The fraction of sp³-hybridized carbons (Fsp3) is 0.214. The van der Waals surface area contributed by atoms with Crippen LogP contribution in [-0.2, 0) is 9.59 Å². The number of hydrogen-bond acceptors (Lipinski definition) is 4. The zero-order valence-electron chi connectivity index (χ0n) is 11.1. The van der Waals surface area contributed by atoms with Crippen LogP contribution in [0.5, 0.6) is 5.75 Å². The number of imide groups is 2. The Morgan fingerprint density at radius 3 is 2.57 bits per heavy atom. The number of carbonyl (C=O) groups is 3. The molecule has 110 valence electrons. The maximum Gasteiger partial charge on any atom is 0.334 e. The van der Waals surface area contributed by atoms with Crippen LogP contribution in [0.2, 0.25) is 0 Å². The zero-order chi connectivity index (χ0) is 15.4. The lowest BCUT2D eigenvalue weighted by atomic mass is 10.3. The van der Waals surface area contributed by atoms with Gasteiger partial charge in [0.15, 0.2) is 0 Å². The molecule has 1 aliphatic heterocycles. The van der Waals surface area contributed by atoms with Crippen molar-refractivity contribution in [1.82, 2.24) is 9.80 Å². The SMILES string of the molecule is C=CCN1C(=O)C(=O)N(CCOc2cccc(F)c2)C1=O. The van der Waals surface area contributed by atoms with Gasteiger partial charge in [-0.2, -0.15) is 0 Å². The topological polar surface area (TPSA) is 66.9 Å². The highest BCUT2D eigenvalue weighted by Crippen LogP contribution is 2.14. The number of urea groups is 1. The van der Waals surface area contributed by atoms with Crippen LogP contribution in [0, 0.1) is 5.82 Å². The number of amides is 4. The van der Waals surface area contributed by atoms with Gasteiger partial charge in [-0.25, -0.2) is 9.18 Å². The van der Waals surface area contributed by atoms with Gasteiger partial charge in [0.05, 0.1) is 6.54 Å². The van der Waals surface area contributed by atoms with Gasteiger partial charge in [0, 0.05) is 12.6 Å². The van der Waals surface area contributed by atoms with E-state index < -0.39 is 23.7 Å². The van der Waals surface area contributed by atoms with Crippen molar-refractivity contribution >= 4 is 17.8 Å². The molecule has 1 aromatic carbocycles. The number of hydrogen-bond donors (Lipinski definition) is 0. The first-order valence-corrected chi connectivity index (χ1v) is 6.21. The van der Waals surface area contributed by atoms with Crippen LogP contribution < -0.4 is 4.74 Å². The van der Waals surface area contributed by atoms with E-state index in [1.54, 1.807) is 6.07 Å². The van der Waals surface area contributed by atoms with Crippen molar-refractivity contribution in [2.24, 2.45) is 0 Å². The number of ether oxygens (including phenoxy) is 1. The second-order valence-corrected chi connectivity index (χ2v) is 4.25. The smallest absolute Gasteiger partial charge is 0.334 e. The van der Waals surface area contributed by atoms with Crippen molar-refractivity contribution in [3.05, 3.63) is 42.7 Å². The Morgan fingerprint density at radius 2 is 1.90 bits per heavy atom. The fourth-order valence-electron chi connectivity index (χ4n) is 1.85. The van der Waals surface area contributed by atoms with Crippen LogP contribution in [-0.4, -0.2) is 47.3 Å². The Bertz CT molecular complexity index is 602. The average molecular weight is 292 g/mol. The molecule has 1 heterocycles. The van der Waals surface area contributed by atoms with Gasteiger partial charge in [-0.3, -0.25) is 19.4 Å². The van der Waals surface area contributed by atoms with Crippen molar-refractivity contribution in [1.29, 1.82) is 0 Å². The Balaban J connectivity index is 1.94. The molecule has 7 heteroatoms. The summed E-state index contributed by atoms with van der Waals surface area (Å²) in [5, 5.41) is 0. The van der Waals surface area contributed by atoms with Crippen molar-refractivity contribution in [2.75, 3.05) is 19.7 Å². The molecule has 0 unspecified atom stereocenters. The summed E-state index contributed by atoms with van der Waals surface area (Å²) in [7, 11) is 0. The predicted octanol–water partition coefficient (Wildman–Crippen LogP) is 1.18. The number of halogens is 1. The van der Waals surface area contributed by atoms with E-state index in [1.807, 2.05) is 0 Å². The first-order valence-electron chi connectivity index (χ1n) is 6.21. The minimum atomic E-state index is -0.898. The van der Waals surface area contributed by atoms with E-state index in [2.05, 4.69) is 6.58 Å². The van der Waals surface area contributed by atoms with Crippen molar-refractivity contribution < 1.29 is 23.5 Å². The van der Waals surface area contributed by atoms with Crippen LogP contribution in [0.3, 0.4) is 0 Å². The standard InChI is InChI=1S/C14H13FN2O4/c1-2-6-16-12(18)13(19)17(14(16)20)7-8-21-11-5-3-4-10(15)9-11/h2-5,9H,1,6-8H2. The van der Waals surface area contributed by atoms with Crippen LogP contribution in [0.25, 0.3) is 0 Å². The van der Waals surface area contributed by atoms with E-state index in [9.17, 15) is 18.8 Å². The lowest BCUT2D eigenvalue weighted by Gasteiger charge is -2.14. The van der Waals surface area contributed by atoms with Gasteiger partial charge in [0.1, 0.15) is 18.2 Å². The second-order valence-electron chi connectivity index (χ2n) is 4.25. The molecule has 0 saturated carbocycles. The van der Waals surface area contributed by atoms with Gasteiger partial charge in [-0.05, 0) is 12.1 Å². The summed E-state index contributed by atoms with van der Waals surface area (Å²) in [6, 6.07) is 4.78. The van der Waals surface area contributed by atoms with Crippen LogP contribution in [0.4, 0.5) is 9.18 Å². The lowest BCUT2D eigenvalue weighted by Crippen LogP contribution is -2.36. The van der Waals surface area contributed by atoms with Gasteiger partial charge >= 0.3 is 17.8 Å². The van der Waals surface area contributed by atoms with Gasteiger partial charge in [-0.15, -0.1) is 6.58 Å². The predicted molar refractivity (Wildman–Crippen MR) is 70.9 cm³/mol. The summed E-state index contributed by atoms with van der Waals surface area (Å²) in [4.78, 5) is 36.7. The van der Waals surface area contributed by atoms with E-state index in [0.717, 1.165) is 9.80 Å². The molecule has 0 atom stereocenters. The Kier molecular flexibility index (Phi) is 4.32. The first kappa shape index (κ1) is 14.7. The minimum Gasteiger partial charge on any atom is -0.492 e. The molecule has 6 nitrogen and oxygen atoms in total. The van der Waals surface area contributed by atoms with Gasteiger partial charge in [0.25, 0.3) is 0 Å². The van der Waals surface area contributed by atoms with E-state index in [-0.39, 0.29) is 25.4 Å². The molecule has 0 N–H and O–H groups in total. The molecular weight excluding hydrogens is 279 g/mol. The van der Waals surface area contributed by atoms with E-state index in [1.165, 1.54) is 24.3 Å². The molecule has 4 amide bonds. The molecule has 0 bridgehead atoms. The van der Waals surface area contributed by atoms with E-state index >= 15 is 0 Å². The molecule has 1 aromatic rings. The summed E-state index contributed by atoms with van der Waals surface area (Å²) >= 11 is 0. The Morgan fingerprint density at radius 1 is 1.19 bits per heavy atom. The fourth-order valence-corrected chi connectivity index (χ4v) is 1.85. The van der Waals surface area contributed by atoms with E-state index in [0.29, 0.717) is 0 Å². The summed E-state index contributed by atoms with van der Waals surface area (Å²) in [5.74, 6) is -1.95. The average Bonchev–Trinajstić information content (AvgIpc) is 2.65. The van der Waals surface area contributed by atoms with Gasteiger partial charge < -0.3 is 4.74 Å². The molecule has 2 rings (SSSR count). The lowest BCUT2D eigenvalue weighted by molar-refractivity contribution is -0.143. The molecule has 21 heavy (non-hydrogen) atoms. The number of carbonyl (C=O) groups excluding carboxylic acids is 3. The third kappa shape index (κ3) is 3.07. The highest BCUT2D eigenvalue weighted by molar-refractivity contribution is 6.44. The quantitative estimate of drug-likeness (QED) is 0.448. The summed E-state index contributed by atoms with van der Waals surface area (Å²) in [5.41, 5.74) is 0. The zero-order valence-corrected chi connectivity index (χ0v) is 11.1. The summed E-state index contributed by atoms with van der Waals surface area (Å²) in [6.07, 6.45) is 1.36. The molecule has 0 spiro atoms. The first-order chi connectivity index (χ1) is 10.0. The third-order valence-electron chi connectivity index (χ3n) is 2.83. The molecule has 1 saturated heterocycles. The van der Waals surface area contributed by atoms with Crippen LogP contribution in [0.15, 0.2) is 36.9 Å². The summed E-state index contributed by atoms with van der Waals surface area (Å²) < 4.78 is 18.2. The number of nitrogens with zero attached hydrogens (tertiary/aromatic N) is 2. The normalized spacial score (nSPS) is 14.8. The third-order valence-corrected chi connectivity index (χ3v) is 2.83. The highest BCUT2D eigenvalue weighted by Gasteiger charge is 2.43. The van der Waals surface area contributed by atoms with Crippen LogP contribution in [0.1, 0.15) is 0 Å². The number of rotatable bonds is 6. The Labute approximate surface area is 120 Å². The Hall–Kier alpha value is -2.70.